The van der Waals surface area contributed by atoms with Crippen molar-refractivity contribution in [1.82, 2.24) is 4.72 Å². The summed E-state index contributed by atoms with van der Waals surface area (Å²) in [5, 5.41) is 0. The Kier molecular flexibility index (Phi) is 5.20. The second-order valence-electron chi connectivity index (χ2n) is 4.72. The van der Waals surface area contributed by atoms with Crippen molar-refractivity contribution < 1.29 is 13.2 Å². The monoisotopic (exact) mass is 286 g/mol. The molecule has 0 bridgehead atoms. The molecule has 19 heavy (non-hydrogen) atoms. The van der Waals surface area contributed by atoms with Crippen LogP contribution in [0.5, 0.6) is 5.75 Å². The molecule has 0 spiro atoms. The van der Waals surface area contributed by atoms with E-state index in [4.69, 9.17) is 10.5 Å². The molecule has 1 atom stereocenters. The number of aryl methyl sites for hydroxylation is 1. The Morgan fingerprint density at radius 2 is 2.05 bits per heavy atom. The maximum Gasteiger partial charge on any atom is 0.244 e. The van der Waals surface area contributed by atoms with Gasteiger partial charge in [0.2, 0.25) is 10.0 Å². The molecular weight excluding hydrogens is 264 g/mol. The average molecular weight is 286 g/mol. The lowest BCUT2D eigenvalue weighted by molar-refractivity contribution is 0.402. The smallest absolute Gasteiger partial charge is 0.244 e. The van der Waals surface area contributed by atoms with Crippen molar-refractivity contribution in [2.75, 3.05) is 19.4 Å². The molecule has 1 rings (SSSR count). The third-order valence-electron chi connectivity index (χ3n) is 3.16. The topological polar surface area (TPSA) is 81.4 Å². The Morgan fingerprint density at radius 3 is 2.58 bits per heavy atom. The number of nitrogen functional groups attached to an aromatic ring is 1. The highest BCUT2D eigenvalue weighted by molar-refractivity contribution is 7.89. The molecule has 0 saturated carbocycles. The summed E-state index contributed by atoms with van der Waals surface area (Å²) in [4.78, 5) is 0.0846. The van der Waals surface area contributed by atoms with Gasteiger partial charge in [0, 0.05) is 12.2 Å². The maximum absolute atomic E-state index is 12.2. The number of benzene rings is 1. The summed E-state index contributed by atoms with van der Waals surface area (Å²) in [5.41, 5.74) is 7.00. The normalized spacial score (nSPS) is 13.3. The predicted octanol–water partition coefficient (Wildman–Crippen LogP) is 1.91. The van der Waals surface area contributed by atoms with Gasteiger partial charge in [-0.05, 0) is 30.5 Å². The predicted molar refractivity (Wildman–Crippen MR) is 76.8 cm³/mol. The highest BCUT2D eigenvalue weighted by atomic mass is 32.2. The van der Waals surface area contributed by atoms with Gasteiger partial charge < -0.3 is 10.5 Å². The Balaban J connectivity index is 3.10. The van der Waals surface area contributed by atoms with Crippen molar-refractivity contribution in [3.8, 4) is 5.75 Å². The van der Waals surface area contributed by atoms with Crippen molar-refractivity contribution >= 4 is 15.7 Å². The first kappa shape index (κ1) is 15.8. The lowest BCUT2D eigenvalue weighted by Gasteiger charge is -2.14. The third kappa shape index (κ3) is 3.84. The molecule has 3 N–H and O–H groups in total. The number of hydrogen-bond donors (Lipinski definition) is 2. The molecule has 5 nitrogen and oxygen atoms in total. The quantitative estimate of drug-likeness (QED) is 0.783. The second kappa shape index (κ2) is 6.25. The van der Waals surface area contributed by atoms with Gasteiger partial charge in [0.1, 0.15) is 10.6 Å². The number of rotatable bonds is 6. The molecule has 6 heteroatoms. The molecule has 0 aromatic heterocycles. The molecule has 1 unspecified atom stereocenters. The van der Waals surface area contributed by atoms with E-state index >= 15 is 0 Å². The zero-order valence-corrected chi connectivity index (χ0v) is 12.7. The molecule has 0 heterocycles. The molecule has 0 amide bonds. The van der Waals surface area contributed by atoms with Crippen LogP contribution in [0, 0.1) is 12.8 Å². The van der Waals surface area contributed by atoms with E-state index in [1.54, 1.807) is 13.0 Å². The summed E-state index contributed by atoms with van der Waals surface area (Å²) in [6.45, 7) is 6.21. The summed E-state index contributed by atoms with van der Waals surface area (Å²) in [5.74, 6) is 0.590. The highest BCUT2D eigenvalue weighted by Crippen LogP contribution is 2.28. The molecule has 0 aliphatic heterocycles. The molecular formula is C13H22N2O3S. The van der Waals surface area contributed by atoms with Gasteiger partial charge in [-0.2, -0.15) is 0 Å². The summed E-state index contributed by atoms with van der Waals surface area (Å²) >= 11 is 0. The van der Waals surface area contributed by atoms with Gasteiger partial charge in [0.15, 0.2) is 0 Å². The van der Waals surface area contributed by atoms with Crippen LogP contribution in [0.3, 0.4) is 0 Å². The molecule has 0 saturated heterocycles. The number of nitrogens with two attached hydrogens (primary N) is 1. The van der Waals surface area contributed by atoms with E-state index in [1.807, 2.05) is 13.8 Å². The minimum atomic E-state index is -3.60. The molecule has 0 radical (unpaired) electrons. The first-order chi connectivity index (χ1) is 8.81. The van der Waals surface area contributed by atoms with Gasteiger partial charge in [-0.25, -0.2) is 13.1 Å². The molecule has 0 fully saturated rings. The third-order valence-corrected chi connectivity index (χ3v) is 4.61. The van der Waals surface area contributed by atoms with Crippen LogP contribution in [0.1, 0.15) is 25.8 Å². The van der Waals surface area contributed by atoms with Crippen molar-refractivity contribution in [2.24, 2.45) is 5.92 Å². The van der Waals surface area contributed by atoms with E-state index in [0.29, 0.717) is 18.0 Å². The van der Waals surface area contributed by atoms with Gasteiger partial charge in [-0.3, -0.25) is 0 Å². The number of sulfonamides is 1. The number of methoxy groups -OCH3 is 1. The van der Waals surface area contributed by atoms with Gasteiger partial charge in [0.25, 0.3) is 0 Å². The lowest BCUT2D eigenvalue weighted by atomic mass is 10.1. The molecule has 108 valence electrons. The van der Waals surface area contributed by atoms with Gasteiger partial charge in [0.05, 0.1) is 7.11 Å². The number of nitrogens with one attached hydrogen (secondary N) is 1. The van der Waals surface area contributed by atoms with E-state index in [9.17, 15) is 8.42 Å². The highest BCUT2D eigenvalue weighted by Gasteiger charge is 2.21. The number of ether oxygens (including phenoxy) is 1. The fourth-order valence-electron chi connectivity index (χ4n) is 1.52. The molecule has 1 aromatic carbocycles. The largest absolute Gasteiger partial charge is 0.495 e. The van der Waals surface area contributed by atoms with Crippen LogP contribution in [-0.4, -0.2) is 22.1 Å². The number of anilines is 1. The summed E-state index contributed by atoms with van der Waals surface area (Å²) < 4.78 is 32.2. The number of hydrogen-bond acceptors (Lipinski definition) is 4. The SMILES string of the molecule is CCC(C)CNS(=O)(=O)c1cc(N)c(C)cc1OC. The Hall–Kier alpha value is -1.27. The van der Waals surface area contributed by atoms with Crippen LogP contribution in [0.4, 0.5) is 5.69 Å². The van der Waals surface area contributed by atoms with Crippen molar-refractivity contribution in [3.05, 3.63) is 17.7 Å². The molecule has 1 aromatic rings. The summed E-state index contributed by atoms with van der Waals surface area (Å²) in [6, 6.07) is 3.07. The van der Waals surface area contributed by atoms with Crippen molar-refractivity contribution in [1.29, 1.82) is 0 Å². The maximum atomic E-state index is 12.2. The van der Waals surface area contributed by atoms with Crippen LogP contribution in [-0.2, 0) is 10.0 Å². The van der Waals surface area contributed by atoms with E-state index in [-0.39, 0.29) is 10.8 Å². The minimum Gasteiger partial charge on any atom is -0.495 e. The van der Waals surface area contributed by atoms with Crippen molar-refractivity contribution in [3.63, 3.8) is 0 Å². The van der Waals surface area contributed by atoms with Crippen molar-refractivity contribution in [2.45, 2.75) is 32.1 Å². The molecule has 0 aliphatic carbocycles. The summed E-state index contributed by atoms with van der Waals surface area (Å²) in [6.07, 6.45) is 0.912. The van der Waals surface area contributed by atoms with Crippen LogP contribution in [0.15, 0.2) is 17.0 Å². The second-order valence-corrected chi connectivity index (χ2v) is 6.46. The lowest BCUT2D eigenvalue weighted by Crippen LogP contribution is -2.28. The fraction of sp³-hybridized carbons (Fsp3) is 0.538. The van der Waals surface area contributed by atoms with Crippen LogP contribution < -0.4 is 15.2 Å². The van der Waals surface area contributed by atoms with Gasteiger partial charge >= 0.3 is 0 Å². The zero-order chi connectivity index (χ0) is 14.6. The van der Waals surface area contributed by atoms with E-state index in [1.165, 1.54) is 13.2 Å². The average Bonchev–Trinajstić information content (AvgIpc) is 2.38. The fourth-order valence-corrected chi connectivity index (χ4v) is 2.87. The van der Waals surface area contributed by atoms with Crippen LogP contribution in [0.2, 0.25) is 0 Å². The standard InChI is InChI=1S/C13H22N2O3S/c1-5-9(2)8-15-19(16,17)13-7-11(14)10(3)6-12(13)18-4/h6-7,9,15H,5,8,14H2,1-4H3. The van der Waals surface area contributed by atoms with E-state index < -0.39 is 10.0 Å². The Labute approximate surface area is 115 Å². The van der Waals surface area contributed by atoms with Gasteiger partial charge in [-0.1, -0.05) is 20.3 Å². The zero-order valence-electron chi connectivity index (χ0n) is 11.9. The van der Waals surface area contributed by atoms with Gasteiger partial charge in [-0.15, -0.1) is 0 Å². The first-order valence-electron chi connectivity index (χ1n) is 6.25. The minimum absolute atomic E-state index is 0.0846. The summed E-state index contributed by atoms with van der Waals surface area (Å²) in [7, 11) is -2.16. The Morgan fingerprint density at radius 1 is 1.42 bits per heavy atom. The van der Waals surface area contributed by atoms with E-state index in [2.05, 4.69) is 4.72 Å². The Bertz CT molecular complexity index is 541. The van der Waals surface area contributed by atoms with Crippen LogP contribution >= 0.6 is 0 Å². The molecule has 0 aliphatic rings. The van der Waals surface area contributed by atoms with Crippen LogP contribution in [0.25, 0.3) is 0 Å². The van der Waals surface area contributed by atoms with E-state index in [0.717, 1.165) is 12.0 Å². The first-order valence-corrected chi connectivity index (χ1v) is 7.74.